The van der Waals surface area contributed by atoms with Crippen LogP contribution >= 0.6 is 0 Å². The van der Waals surface area contributed by atoms with Crippen LogP contribution in [0.5, 0.6) is 0 Å². The molecule has 0 bridgehead atoms. The standard InChI is InChI=1S/C13H24N2O/c1-3-13(7-8-14-10-13)12(16)15(2)9-11-5-4-6-11/h11,14H,3-10H2,1-2H3. The lowest BCUT2D eigenvalue weighted by Gasteiger charge is -2.35. The summed E-state index contributed by atoms with van der Waals surface area (Å²) in [6, 6.07) is 0. The van der Waals surface area contributed by atoms with Crippen molar-refractivity contribution in [1.82, 2.24) is 10.2 Å². The Morgan fingerprint density at radius 3 is 2.69 bits per heavy atom. The SMILES string of the molecule is CCC1(C(=O)N(C)CC2CCC2)CCNC1. The highest BCUT2D eigenvalue weighted by Gasteiger charge is 2.41. The summed E-state index contributed by atoms with van der Waals surface area (Å²) in [4.78, 5) is 14.4. The maximum absolute atomic E-state index is 12.5. The normalized spacial score (nSPS) is 30.1. The van der Waals surface area contributed by atoms with Crippen LogP contribution in [0.1, 0.15) is 39.0 Å². The van der Waals surface area contributed by atoms with Crippen LogP contribution < -0.4 is 5.32 Å². The molecular formula is C13H24N2O. The first-order valence-corrected chi connectivity index (χ1v) is 6.64. The lowest BCUT2D eigenvalue weighted by Crippen LogP contribution is -2.45. The molecule has 0 aromatic carbocycles. The van der Waals surface area contributed by atoms with Crippen LogP contribution in [0.25, 0.3) is 0 Å². The molecule has 3 heteroatoms. The van der Waals surface area contributed by atoms with E-state index in [1.165, 1.54) is 19.3 Å². The van der Waals surface area contributed by atoms with E-state index in [4.69, 9.17) is 0 Å². The second kappa shape index (κ2) is 4.74. The highest BCUT2D eigenvalue weighted by atomic mass is 16.2. The van der Waals surface area contributed by atoms with E-state index in [9.17, 15) is 4.79 Å². The maximum atomic E-state index is 12.5. The van der Waals surface area contributed by atoms with Crippen molar-refractivity contribution in [2.75, 3.05) is 26.7 Å². The fourth-order valence-corrected chi connectivity index (χ4v) is 2.93. The number of rotatable bonds is 4. The van der Waals surface area contributed by atoms with Gasteiger partial charge in [0.15, 0.2) is 0 Å². The van der Waals surface area contributed by atoms with E-state index >= 15 is 0 Å². The van der Waals surface area contributed by atoms with Gasteiger partial charge in [-0.05, 0) is 38.1 Å². The van der Waals surface area contributed by atoms with Crippen molar-refractivity contribution in [2.45, 2.75) is 39.0 Å². The summed E-state index contributed by atoms with van der Waals surface area (Å²) in [5.41, 5.74) is -0.0987. The lowest BCUT2D eigenvalue weighted by molar-refractivity contribution is -0.141. The molecule has 2 aliphatic rings. The van der Waals surface area contributed by atoms with Crippen molar-refractivity contribution in [3.05, 3.63) is 0 Å². The van der Waals surface area contributed by atoms with Gasteiger partial charge in [0, 0.05) is 20.1 Å². The quantitative estimate of drug-likeness (QED) is 0.787. The molecule has 0 radical (unpaired) electrons. The molecule has 1 amide bonds. The zero-order valence-electron chi connectivity index (χ0n) is 10.6. The van der Waals surface area contributed by atoms with Gasteiger partial charge in [0.05, 0.1) is 5.41 Å². The van der Waals surface area contributed by atoms with Gasteiger partial charge in [-0.1, -0.05) is 13.3 Å². The molecule has 0 spiro atoms. The highest BCUT2D eigenvalue weighted by molar-refractivity contribution is 5.83. The van der Waals surface area contributed by atoms with Crippen LogP contribution in [0.3, 0.4) is 0 Å². The number of carbonyl (C=O) groups excluding carboxylic acids is 1. The Bertz CT molecular complexity index is 255. The Balaban J connectivity index is 1.93. The van der Waals surface area contributed by atoms with Crippen molar-refractivity contribution in [1.29, 1.82) is 0 Å². The monoisotopic (exact) mass is 224 g/mol. The first-order chi connectivity index (χ1) is 7.68. The van der Waals surface area contributed by atoms with Crippen LogP contribution in [0.15, 0.2) is 0 Å². The fourth-order valence-electron chi connectivity index (χ4n) is 2.93. The van der Waals surface area contributed by atoms with Crippen molar-refractivity contribution >= 4 is 5.91 Å². The van der Waals surface area contributed by atoms with Gasteiger partial charge >= 0.3 is 0 Å². The topological polar surface area (TPSA) is 32.3 Å². The summed E-state index contributed by atoms with van der Waals surface area (Å²) >= 11 is 0. The van der Waals surface area contributed by atoms with E-state index in [-0.39, 0.29) is 5.41 Å². The minimum absolute atomic E-state index is 0.0987. The molecule has 92 valence electrons. The van der Waals surface area contributed by atoms with E-state index in [0.29, 0.717) is 5.91 Å². The molecule has 1 saturated heterocycles. The number of hydrogen-bond donors (Lipinski definition) is 1. The maximum Gasteiger partial charge on any atom is 0.229 e. The molecule has 1 saturated carbocycles. The molecule has 0 aromatic rings. The zero-order valence-corrected chi connectivity index (χ0v) is 10.6. The summed E-state index contributed by atoms with van der Waals surface area (Å²) in [5, 5.41) is 3.33. The summed E-state index contributed by atoms with van der Waals surface area (Å²) in [7, 11) is 1.98. The van der Waals surface area contributed by atoms with Gasteiger partial charge in [0.2, 0.25) is 5.91 Å². The second-order valence-corrected chi connectivity index (χ2v) is 5.54. The number of nitrogens with zero attached hydrogens (tertiary/aromatic N) is 1. The van der Waals surface area contributed by atoms with Crippen LogP contribution in [-0.4, -0.2) is 37.5 Å². The molecule has 1 aliphatic carbocycles. The predicted molar refractivity (Wildman–Crippen MR) is 65.2 cm³/mol. The van der Waals surface area contributed by atoms with Gasteiger partial charge in [-0.2, -0.15) is 0 Å². The third kappa shape index (κ3) is 2.10. The first-order valence-electron chi connectivity index (χ1n) is 6.64. The van der Waals surface area contributed by atoms with Gasteiger partial charge in [-0.15, -0.1) is 0 Å². The van der Waals surface area contributed by atoms with Crippen LogP contribution in [0.4, 0.5) is 0 Å². The van der Waals surface area contributed by atoms with E-state index in [1.807, 2.05) is 11.9 Å². The molecule has 1 N–H and O–H groups in total. The number of carbonyl (C=O) groups is 1. The van der Waals surface area contributed by atoms with E-state index in [1.54, 1.807) is 0 Å². The Kier molecular flexibility index (Phi) is 3.53. The number of amides is 1. The number of hydrogen-bond acceptors (Lipinski definition) is 2. The summed E-state index contributed by atoms with van der Waals surface area (Å²) < 4.78 is 0. The summed E-state index contributed by atoms with van der Waals surface area (Å²) in [6.07, 6.45) is 5.96. The van der Waals surface area contributed by atoms with Crippen molar-refractivity contribution in [3.8, 4) is 0 Å². The van der Waals surface area contributed by atoms with E-state index in [0.717, 1.165) is 38.4 Å². The van der Waals surface area contributed by atoms with Gasteiger partial charge in [0.1, 0.15) is 0 Å². The average molecular weight is 224 g/mol. The number of nitrogens with one attached hydrogen (secondary N) is 1. The third-order valence-electron chi connectivity index (χ3n) is 4.48. The molecule has 2 rings (SSSR count). The Hall–Kier alpha value is -0.570. The van der Waals surface area contributed by atoms with E-state index in [2.05, 4.69) is 12.2 Å². The van der Waals surface area contributed by atoms with Crippen LogP contribution in [0, 0.1) is 11.3 Å². The minimum atomic E-state index is -0.0987. The van der Waals surface area contributed by atoms with Crippen molar-refractivity contribution < 1.29 is 4.79 Å². The Morgan fingerprint density at radius 1 is 1.50 bits per heavy atom. The smallest absolute Gasteiger partial charge is 0.229 e. The second-order valence-electron chi connectivity index (χ2n) is 5.54. The minimum Gasteiger partial charge on any atom is -0.345 e. The third-order valence-corrected chi connectivity index (χ3v) is 4.48. The fraction of sp³-hybridized carbons (Fsp3) is 0.923. The van der Waals surface area contributed by atoms with Gasteiger partial charge < -0.3 is 10.2 Å². The molecule has 1 unspecified atom stereocenters. The van der Waals surface area contributed by atoms with Crippen LogP contribution in [-0.2, 0) is 4.79 Å². The molecule has 0 aromatic heterocycles. The molecule has 2 fully saturated rings. The Morgan fingerprint density at radius 2 is 2.25 bits per heavy atom. The van der Waals surface area contributed by atoms with Gasteiger partial charge in [-0.25, -0.2) is 0 Å². The summed E-state index contributed by atoms with van der Waals surface area (Å²) in [6.45, 7) is 4.98. The molecule has 1 heterocycles. The molecular weight excluding hydrogens is 200 g/mol. The molecule has 1 atom stereocenters. The Labute approximate surface area is 98.6 Å². The van der Waals surface area contributed by atoms with Crippen molar-refractivity contribution in [2.24, 2.45) is 11.3 Å². The molecule has 1 aliphatic heterocycles. The van der Waals surface area contributed by atoms with Gasteiger partial charge in [-0.3, -0.25) is 4.79 Å². The predicted octanol–water partition coefficient (Wildman–Crippen LogP) is 1.63. The summed E-state index contributed by atoms with van der Waals surface area (Å²) in [5.74, 6) is 1.14. The molecule has 3 nitrogen and oxygen atoms in total. The van der Waals surface area contributed by atoms with Crippen LogP contribution in [0.2, 0.25) is 0 Å². The zero-order chi connectivity index (χ0) is 11.6. The molecule has 16 heavy (non-hydrogen) atoms. The first kappa shape index (κ1) is 11.9. The van der Waals surface area contributed by atoms with E-state index < -0.39 is 0 Å². The largest absolute Gasteiger partial charge is 0.345 e. The highest BCUT2D eigenvalue weighted by Crippen LogP contribution is 2.33. The van der Waals surface area contributed by atoms with Gasteiger partial charge in [0.25, 0.3) is 0 Å². The average Bonchev–Trinajstić information content (AvgIpc) is 2.71. The lowest BCUT2D eigenvalue weighted by atomic mass is 9.81. The van der Waals surface area contributed by atoms with Crippen molar-refractivity contribution in [3.63, 3.8) is 0 Å².